The molecule has 1 fully saturated rings. The quantitative estimate of drug-likeness (QED) is 0.637. The van der Waals surface area contributed by atoms with Crippen LogP contribution < -0.4 is 5.32 Å². The van der Waals surface area contributed by atoms with Crippen LogP contribution in [0.2, 0.25) is 0 Å². The number of carboxylic acids is 1. The molecule has 0 saturated carbocycles. The molecule has 0 aromatic carbocycles. The minimum Gasteiger partial charge on any atom is -0.480 e. The molecule has 19 heavy (non-hydrogen) atoms. The predicted octanol–water partition coefficient (Wildman–Crippen LogP) is -0.00660. The number of piperazine rings is 1. The lowest BCUT2D eigenvalue weighted by molar-refractivity contribution is -0.139. The molecule has 0 unspecified atom stereocenters. The first kappa shape index (κ1) is 15.9. The maximum Gasteiger partial charge on any atom is 0.317 e. The van der Waals surface area contributed by atoms with Crippen LogP contribution >= 0.6 is 0 Å². The van der Waals surface area contributed by atoms with Crippen molar-refractivity contribution < 1.29 is 14.7 Å². The van der Waals surface area contributed by atoms with E-state index in [-0.39, 0.29) is 12.5 Å². The highest BCUT2D eigenvalue weighted by Crippen LogP contribution is 2.04. The zero-order valence-electron chi connectivity index (χ0n) is 11.9. The average Bonchev–Trinajstić information content (AvgIpc) is 2.34. The van der Waals surface area contributed by atoms with Crippen molar-refractivity contribution in [3.8, 4) is 0 Å². The van der Waals surface area contributed by atoms with Crippen LogP contribution in [0.5, 0.6) is 0 Å². The summed E-state index contributed by atoms with van der Waals surface area (Å²) in [4.78, 5) is 26.2. The van der Waals surface area contributed by atoms with Crippen LogP contribution in [0, 0.1) is 0 Å². The van der Waals surface area contributed by atoms with E-state index >= 15 is 0 Å². The van der Waals surface area contributed by atoms with Crippen LogP contribution in [0.15, 0.2) is 0 Å². The summed E-state index contributed by atoms with van der Waals surface area (Å²) in [6.07, 6.45) is 1.42. The van der Waals surface area contributed by atoms with Crippen molar-refractivity contribution in [3.05, 3.63) is 0 Å². The minimum absolute atomic E-state index is 0.0698. The lowest BCUT2D eigenvalue weighted by atomic mass is 10.2. The first-order chi connectivity index (χ1) is 8.99. The molecule has 0 aromatic heterocycles. The number of carboxylic acid groups (broad SMARTS) is 1. The van der Waals surface area contributed by atoms with E-state index in [1.807, 2.05) is 9.80 Å². The Morgan fingerprint density at radius 3 is 2.37 bits per heavy atom. The van der Waals surface area contributed by atoms with Gasteiger partial charge in [-0.3, -0.25) is 14.5 Å². The fourth-order valence-corrected chi connectivity index (χ4v) is 2.14. The van der Waals surface area contributed by atoms with Crippen LogP contribution in [-0.4, -0.2) is 72.1 Å². The van der Waals surface area contributed by atoms with Crippen LogP contribution in [0.4, 0.5) is 0 Å². The molecule has 0 aliphatic carbocycles. The molecule has 0 spiro atoms. The molecular formula is C13H25N3O3. The van der Waals surface area contributed by atoms with Gasteiger partial charge in [-0.15, -0.1) is 0 Å². The van der Waals surface area contributed by atoms with Gasteiger partial charge in [-0.2, -0.15) is 0 Å². The highest BCUT2D eigenvalue weighted by atomic mass is 16.4. The Kier molecular flexibility index (Phi) is 6.80. The number of hydrogen-bond acceptors (Lipinski definition) is 4. The molecule has 0 atom stereocenters. The van der Waals surface area contributed by atoms with E-state index in [0.717, 1.165) is 13.0 Å². The molecule has 0 bridgehead atoms. The average molecular weight is 271 g/mol. The van der Waals surface area contributed by atoms with E-state index in [4.69, 9.17) is 5.11 Å². The highest BCUT2D eigenvalue weighted by molar-refractivity contribution is 5.76. The molecule has 1 saturated heterocycles. The normalized spacial score (nSPS) is 16.9. The third-order valence-electron chi connectivity index (χ3n) is 3.20. The Morgan fingerprint density at radius 2 is 1.84 bits per heavy atom. The first-order valence-corrected chi connectivity index (χ1v) is 6.94. The lowest BCUT2D eigenvalue weighted by Gasteiger charge is -2.33. The second kappa shape index (κ2) is 8.12. The van der Waals surface area contributed by atoms with Gasteiger partial charge < -0.3 is 15.3 Å². The Bertz CT molecular complexity index is 300. The van der Waals surface area contributed by atoms with Crippen LogP contribution in [0.1, 0.15) is 26.7 Å². The second-order valence-electron chi connectivity index (χ2n) is 5.26. The number of nitrogens with zero attached hydrogens (tertiary/aromatic N) is 2. The van der Waals surface area contributed by atoms with Crippen molar-refractivity contribution in [1.29, 1.82) is 0 Å². The zero-order chi connectivity index (χ0) is 14.3. The largest absolute Gasteiger partial charge is 0.480 e. The van der Waals surface area contributed by atoms with Crippen molar-refractivity contribution in [2.24, 2.45) is 0 Å². The van der Waals surface area contributed by atoms with Gasteiger partial charge in [-0.1, -0.05) is 13.8 Å². The van der Waals surface area contributed by atoms with E-state index in [9.17, 15) is 9.59 Å². The third-order valence-corrected chi connectivity index (χ3v) is 3.20. The molecule has 1 rings (SSSR count). The summed E-state index contributed by atoms with van der Waals surface area (Å²) < 4.78 is 0. The minimum atomic E-state index is -0.806. The van der Waals surface area contributed by atoms with Gasteiger partial charge in [0.25, 0.3) is 0 Å². The van der Waals surface area contributed by atoms with Crippen LogP contribution in [0.25, 0.3) is 0 Å². The van der Waals surface area contributed by atoms with Crippen LogP contribution in [-0.2, 0) is 9.59 Å². The maximum absolute atomic E-state index is 11.9. The summed E-state index contributed by atoms with van der Waals surface area (Å²) >= 11 is 0. The molecule has 2 N–H and O–H groups in total. The third kappa shape index (κ3) is 6.54. The van der Waals surface area contributed by atoms with Gasteiger partial charge in [0.2, 0.25) is 5.91 Å². The zero-order valence-corrected chi connectivity index (χ0v) is 11.9. The van der Waals surface area contributed by atoms with Crippen LogP contribution in [0.3, 0.4) is 0 Å². The summed E-state index contributed by atoms with van der Waals surface area (Å²) in [5.74, 6) is -0.625. The SMILES string of the molecule is CC(C)NCCCC(=O)N1CCN(CC(=O)O)CC1. The van der Waals surface area contributed by atoms with E-state index < -0.39 is 5.97 Å². The number of nitrogens with one attached hydrogen (secondary N) is 1. The number of carbonyl (C=O) groups is 2. The predicted molar refractivity (Wildman–Crippen MR) is 73.0 cm³/mol. The molecule has 1 heterocycles. The van der Waals surface area contributed by atoms with Gasteiger partial charge in [0, 0.05) is 38.6 Å². The molecule has 0 aromatic rings. The molecule has 6 nitrogen and oxygen atoms in total. The van der Waals surface area contributed by atoms with Crippen molar-refractivity contribution in [3.63, 3.8) is 0 Å². The Morgan fingerprint density at radius 1 is 1.21 bits per heavy atom. The molecule has 0 radical (unpaired) electrons. The van der Waals surface area contributed by atoms with Crippen molar-refractivity contribution in [2.75, 3.05) is 39.3 Å². The van der Waals surface area contributed by atoms with E-state index in [0.29, 0.717) is 38.6 Å². The molecular weight excluding hydrogens is 246 g/mol. The van der Waals surface area contributed by atoms with Gasteiger partial charge >= 0.3 is 5.97 Å². The monoisotopic (exact) mass is 271 g/mol. The number of amides is 1. The van der Waals surface area contributed by atoms with E-state index in [1.165, 1.54) is 0 Å². The second-order valence-corrected chi connectivity index (χ2v) is 5.26. The van der Waals surface area contributed by atoms with E-state index in [1.54, 1.807) is 0 Å². The smallest absolute Gasteiger partial charge is 0.317 e. The van der Waals surface area contributed by atoms with Crippen molar-refractivity contribution in [2.45, 2.75) is 32.7 Å². The number of rotatable bonds is 7. The number of hydrogen-bond donors (Lipinski definition) is 2. The molecule has 110 valence electrons. The molecule has 1 aliphatic rings. The van der Waals surface area contributed by atoms with Crippen molar-refractivity contribution >= 4 is 11.9 Å². The number of aliphatic carboxylic acids is 1. The summed E-state index contributed by atoms with van der Waals surface area (Å²) in [5.41, 5.74) is 0. The van der Waals surface area contributed by atoms with Gasteiger partial charge in [-0.05, 0) is 13.0 Å². The molecule has 1 amide bonds. The topological polar surface area (TPSA) is 72.9 Å². The Balaban J connectivity index is 2.16. The van der Waals surface area contributed by atoms with Gasteiger partial charge in [0.1, 0.15) is 0 Å². The molecule has 6 heteroatoms. The van der Waals surface area contributed by atoms with Crippen molar-refractivity contribution in [1.82, 2.24) is 15.1 Å². The summed E-state index contributed by atoms with van der Waals surface area (Å²) in [5, 5.41) is 12.0. The number of carbonyl (C=O) groups excluding carboxylic acids is 1. The Labute approximate surface area is 114 Å². The van der Waals surface area contributed by atoms with E-state index in [2.05, 4.69) is 19.2 Å². The fourth-order valence-electron chi connectivity index (χ4n) is 2.14. The standard InChI is InChI=1S/C13H25N3O3/c1-11(2)14-5-3-4-12(17)16-8-6-15(7-9-16)10-13(18)19/h11,14H,3-10H2,1-2H3,(H,18,19). The highest BCUT2D eigenvalue weighted by Gasteiger charge is 2.21. The molecule has 1 aliphatic heterocycles. The van der Waals surface area contributed by atoms with Gasteiger partial charge in [0.05, 0.1) is 6.54 Å². The summed E-state index contributed by atoms with van der Waals surface area (Å²) in [6, 6.07) is 0.453. The van der Waals surface area contributed by atoms with Gasteiger partial charge in [-0.25, -0.2) is 0 Å². The Hall–Kier alpha value is -1.14. The van der Waals surface area contributed by atoms with Gasteiger partial charge in [0.15, 0.2) is 0 Å². The first-order valence-electron chi connectivity index (χ1n) is 6.94. The fraction of sp³-hybridized carbons (Fsp3) is 0.846. The summed E-state index contributed by atoms with van der Waals surface area (Å²) in [6.45, 7) is 7.70. The lowest BCUT2D eigenvalue weighted by Crippen LogP contribution is -2.49. The summed E-state index contributed by atoms with van der Waals surface area (Å²) in [7, 11) is 0. The maximum atomic E-state index is 11.9.